The molecule has 106 valence electrons. The van der Waals surface area contributed by atoms with Crippen molar-refractivity contribution in [2.45, 2.75) is 19.4 Å². The van der Waals surface area contributed by atoms with Gasteiger partial charge in [0.15, 0.2) is 0 Å². The van der Waals surface area contributed by atoms with Crippen LogP contribution in [0.4, 0.5) is 0 Å². The average Bonchev–Trinajstić information content (AvgIpc) is 2.54. The zero-order chi connectivity index (χ0) is 14.7. The summed E-state index contributed by atoms with van der Waals surface area (Å²) < 4.78 is 0. The molecule has 2 aromatic carbocycles. The van der Waals surface area contributed by atoms with Crippen LogP contribution in [-0.4, -0.2) is 12.0 Å². The maximum atomic E-state index is 4.41. The molecule has 0 saturated carbocycles. The molecule has 0 spiro atoms. The Morgan fingerprint density at radius 3 is 2.57 bits per heavy atom. The molecule has 3 rings (SSSR count). The summed E-state index contributed by atoms with van der Waals surface area (Å²) in [7, 11) is 2.01. The molecule has 3 aromatic rings. The van der Waals surface area contributed by atoms with Gasteiger partial charge in [-0.3, -0.25) is 4.98 Å². The predicted molar refractivity (Wildman–Crippen MR) is 88.4 cm³/mol. The van der Waals surface area contributed by atoms with Gasteiger partial charge >= 0.3 is 0 Å². The second kappa shape index (κ2) is 6.06. The predicted octanol–water partition coefficient (Wildman–Crippen LogP) is 4.05. The number of aromatic nitrogens is 1. The van der Waals surface area contributed by atoms with Crippen LogP contribution in [0, 0.1) is 6.92 Å². The molecule has 21 heavy (non-hydrogen) atoms. The topological polar surface area (TPSA) is 24.9 Å². The third-order valence-corrected chi connectivity index (χ3v) is 3.99. The standard InChI is InChI=1S/C19H20N2/c1-14-10-11-17(13-21-14)19(20-2)12-16-8-5-7-15-6-3-4-9-18(15)16/h3-11,13,19-20H,12H2,1-2H3. The van der Waals surface area contributed by atoms with Crippen molar-refractivity contribution in [3.8, 4) is 0 Å². The van der Waals surface area contributed by atoms with Crippen LogP contribution < -0.4 is 5.32 Å². The second-order valence-corrected chi connectivity index (χ2v) is 5.42. The minimum absolute atomic E-state index is 0.281. The molecule has 1 unspecified atom stereocenters. The van der Waals surface area contributed by atoms with Gasteiger partial charge in [0, 0.05) is 17.9 Å². The molecule has 2 heteroatoms. The highest BCUT2D eigenvalue weighted by Crippen LogP contribution is 2.24. The number of rotatable bonds is 4. The normalized spacial score (nSPS) is 12.5. The van der Waals surface area contributed by atoms with Gasteiger partial charge in [0.25, 0.3) is 0 Å². The minimum atomic E-state index is 0.281. The van der Waals surface area contributed by atoms with Crippen LogP contribution in [0.15, 0.2) is 60.8 Å². The zero-order valence-corrected chi connectivity index (χ0v) is 12.5. The summed E-state index contributed by atoms with van der Waals surface area (Å²) in [5, 5.41) is 6.04. The quantitative estimate of drug-likeness (QED) is 0.777. The van der Waals surface area contributed by atoms with Gasteiger partial charge < -0.3 is 5.32 Å². The number of nitrogens with one attached hydrogen (secondary N) is 1. The molecule has 0 fully saturated rings. The summed E-state index contributed by atoms with van der Waals surface area (Å²) in [6, 6.07) is 19.6. The highest BCUT2D eigenvalue weighted by Gasteiger charge is 2.12. The first-order valence-corrected chi connectivity index (χ1v) is 7.34. The highest BCUT2D eigenvalue weighted by molar-refractivity contribution is 5.85. The van der Waals surface area contributed by atoms with E-state index in [1.54, 1.807) is 0 Å². The van der Waals surface area contributed by atoms with E-state index in [0.717, 1.165) is 12.1 Å². The Labute approximate surface area is 125 Å². The van der Waals surface area contributed by atoms with Gasteiger partial charge in [-0.1, -0.05) is 48.5 Å². The molecule has 0 aliphatic carbocycles. The smallest absolute Gasteiger partial charge is 0.0373 e. The van der Waals surface area contributed by atoms with Gasteiger partial charge in [-0.2, -0.15) is 0 Å². The molecule has 0 bridgehead atoms. The third-order valence-electron chi connectivity index (χ3n) is 3.99. The van der Waals surface area contributed by atoms with Crippen LogP contribution in [0.1, 0.15) is 22.9 Å². The van der Waals surface area contributed by atoms with Crippen molar-refractivity contribution in [1.29, 1.82) is 0 Å². The van der Waals surface area contributed by atoms with Crippen LogP contribution in [-0.2, 0) is 6.42 Å². The van der Waals surface area contributed by atoms with Crippen molar-refractivity contribution >= 4 is 10.8 Å². The van der Waals surface area contributed by atoms with Crippen molar-refractivity contribution in [2.24, 2.45) is 0 Å². The fourth-order valence-corrected chi connectivity index (χ4v) is 2.76. The van der Waals surface area contributed by atoms with E-state index in [9.17, 15) is 0 Å². The van der Waals surface area contributed by atoms with Crippen LogP contribution in [0.5, 0.6) is 0 Å². The highest BCUT2D eigenvalue weighted by atomic mass is 14.9. The van der Waals surface area contributed by atoms with Crippen LogP contribution in [0.25, 0.3) is 10.8 Å². The van der Waals surface area contributed by atoms with Gasteiger partial charge in [-0.25, -0.2) is 0 Å². The first kappa shape index (κ1) is 13.8. The van der Waals surface area contributed by atoms with E-state index < -0.39 is 0 Å². The second-order valence-electron chi connectivity index (χ2n) is 5.42. The molecule has 1 heterocycles. The fraction of sp³-hybridized carbons (Fsp3) is 0.211. The zero-order valence-electron chi connectivity index (χ0n) is 12.5. The number of hydrogen-bond donors (Lipinski definition) is 1. The molecular weight excluding hydrogens is 256 g/mol. The van der Waals surface area contributed by atoms with E-state index in [4.69, 9.17) is 0 Å². The summed E-state index contributed by atoms with van der Waals surface area (Å²) >= 11 is 0. The number of likely N-dealkylation sites (N-methyl/N-ethyl adjacent to an activating group) is 1. The largest absolute Gasteiger partial charge is 0.313 e. The van der Waals surface area contributed by atoms with Gasteiger partial charge in [0.1, 0.15) is 0 Å². The molecule has 2 nitrogen and oxygen atoms in total. The monoisotopic (exact) mass is 276 g/mol. The number of aryl methyl sites for hydroxylation is 1. The van der Waals surface area contributed by atoms with E-state index in [1.807, 2.05) is 20.2 Å². The van der Waals surface area contributed by atoms with Gasteiger partial charge in [-0.15, -0.1) is 0 Å². The molecule has 0 radical (unpaired) electrons. The van der Waals surface area contributed by atoms with Gasteiger partial charge in [-0.05, 0) is 48.4 Å². The lowest BCUT2D eigenvalue weighted by Crippen LogP contribution is -2.19. The number of nitrogens with zero attached hydrogens (tertiary/aromatic N) is 1. The van der Waals surface area contributed by atoms with E-state index >= 15 is 0 Å². The van der Waals surface area contributed by atoms with E-state index in [2.05, 4.69) is 64.9 Å². The Hall–Kier alpha value is -2.19. The average molecular weight is 276 g/mol. The number of hydrogen-bond acceptors (Lipinski definition) is 2. The van der Waals surface area contributed by atoms with Crippen molar-refractivity contribution < 1.29 is 0 Å². The maximum Gasteiger partial charge on any atom is 0.0373 e. The molecule has 0 saturated heterocycles. The van der Waals surface area contributed by atoms with Crippen LogP contribution in [0.3, 0.4) is 0 Å². The molecular formula is C19H20N2. The van der Waals surface area contributed by atoms with Crippen LogP contribution >= 0.6 is 0 Å². The van der Waals surface area contributed by atoms with E-state index in [0.29, 0.717) is 0 Å². The Morgan fingerprint density at radius 2 is 1.81 bits per heavy atom. The Kier molecular flexibility index (Phi) is 3.98. The Morgan fingerprint density at radius 1 is 1.00 bits per heavy atom. The SMILES string of the molecule is CNC(Cc1cccc2ccccc12)c1ccc(C)nc1. The van der Waals surface area contributed by atoms with Gasteiger partial charge in [0.2, 0.25) is 0 Å². The Bertz CT molecular complexity index is 727. The molecule has 0 aliphatic heterocycles. The number of benzene rings is 2. The van der Waals surface area contributed by atoms with Crippen molar-refractivity contribution in [3.63, 3.8) is 0 Å². The lowest BCUT2D eigenvalue weighted by Gasteiger charge is -2.18. The minimum Gasteiger partial charge on any atom is -0.313 e. The van der Waals surface area contributed by atoms with Gasteiger partial charge in [0.05, 0.1) is 0 Å². The van der Waals surface area contributed by atoms with E-state index in [-0.39, 0.29) is 6.04 Å². The summed E-state index contributed by atoms with van der Waals surface area (Å²) in [6.07, 6.45) is 2.93. The molecule has 1 aromatic heterocycles. The number of pyridine rings is 1. The van der Waals surface area contributed by atoms with Crippen molar-refractivity contribution in [3.05, 3.63) is 77.6 Å². The summed E-state index contributed by atoms with van der Waals surface area (Å²) in [5.74, 6) is 0. The van der Waals surface area contributed by atoms with E-state index in [1.165, 1.54) is 21.9 Å². The summed E-state index contributed by atoms with van der Waals surface area (Å²) in [4.78, 5) is 4.41. The molecule has 1 N–H and O–H groups in total. The Balaban J connectivity index is 1.94. The molecule has 0 aliphatic rings. The summed E-state index contributed by atoms with van der Waals surface area (Å²) in [5.41, 5.74) is 3.66. The number of fused-ring (bicyclic) bond motifs is 1. The van der Waals surface area contributed by atoms with Crippen molar-refractivity contribution in [2.75, 3.05) is 7.05 Å². The first-order chi connectivity index (χ1) is 10.3. The van der Waals surface area contributed by atoms with Crippen molar-refractivity contribution in [1.82, 2.24) is 10.3 Å². The maximum absolute atomic E-state index is 4.41. The molecule has 0 amide bonds. The molecule has 1 atom stereocenters. The van der Waals surface area contributed by atoms with Crippen LogP contribution in [0.2, 0.25) is 0 Å². The summed E-state index contributed by atoms with van der Waals surface area (Å²) in [6.45, 7) is 2.02. The lowest BCUT2D eigenvalue weighted by molar-refractivity contribution is 0.591. The first-order valence-electron chi connectivity index (χ1n) is 7.34. The lowest BCUT2D eigenvalue weighted by atomic mass is 9.96. The fourth-order valence-electron chi connectivity index (χ4n) is 2.76. The third kappa shape index (κ3) is 2.96.